The highest BCUT2D eigenvalue weighted by Crippen LogP contribution is 2.29. The number of aliphatic imine (C=N–C) groups is 2. The van der Waals surface area contributed by atoms with Gasteiger partial charge in [-0.1, -0.05) is 30.5 Å². The Balaban J connectivity index is 1.93. The number of nitrogens with one attached hydrogen (secondary N) is 1. The summed E-state index contributed by atoms with van der Waals surface area (Å²) in [7, 11) is 0. The molecule has 0 radical (unpaired) electrons. The third kappa shape index (κ3) is 4.06. The molecule has 1 aromatic heterocycles. The lowest BCUT2D eigenvalue weighted by Crippen LogP contribution is -2.25. The minimum Gasteiger partial charge on any atom is -0.306 e. The highest BCUT2D eigenvalue weighted by atomic mass is 32.2. The summed E-state index contributed by atoms with van der Waals surface area (Å²) in [6.07, 6.45) is 0. The van der Waals surface area contributed by atoms with Crippen LogP contribution in [0, 0.1) is 6.92 Å². The van der Waals surface area contributed by atoms with E-state index in [0.29, 0.717) is 11.4 Å². The van der Waals surface area contributed by atoms with Crippen molar-refractivity contribution in [1.29, 1.82) is 0 Å². The third-order valence-corrected chi connectivity index (χ3v) is 4.56. The average molecular weight is 403 g/mol. The van der Waals surface area contributed by atoms with Crippen LogP contribution in [-0.4, -0.2) is 39.0 Å². The van der Waals surface area contributed by atoms with Gasteiger partial charge in [0.2, 0.25) is 0 Å². The quantitative estimate of drug-likeness (QED) is 0.625. The van der Waals surface area contributed by atoms with Gasteiger partial charge in [0.05, 0.1) is 22.5 Å². The molecule has 1 N–H and O–H groups in total. The maximum atomic E-state index is 12.8. The Kier molecular flexibility index (Phi) is 5.50. The van der Waals surface area contributed by atoms with E-state index in [4.69, 9.17) is 0 Å². The van der Waals surface area contributed by atoms with E-state index in [9.17, 15) is 18.4 Å². The Hall–Kier alpha value is -3.14. The molecular formula is C18H15F2N5O2S. The summed E-state index contributed by atoms with van der Waals surface area (Å²) in [5.74, 6) is -3.62. The van der Waals surface area contributed by atoms with Gasteiger partial charge in [-0.3, -0.25) is 9.59 Å². The predicted octanol–water partition coefficient (Wildman–Crippen LogP) is 3.52. The molecule has 0 saturated carbocycles. The van der Waals surface area contributed by atoms with Gasteiger partial charge in [-0.15, -0.1) is 0 Å². The van der Waals surface area contributed by atoms with E-state index in [1.807, 2.05) is 0 Å². The van der Waals surface area contributed by atoms with Gasteiger partial charge in [0, 0.05) is 11.0 Å². The van der Waals surface area contributed by atoms with Crippen LogP contribution in [0.25, 0.3) is 0 Å². The van der Waals surface area contributed by atoms with Crippen LogP contribution in [0.5, 0.6) is 0 Å². The van der Waals surface area contributed by atoms with E-state index >= 15 is 0 Å². The van der Waals surface area contributed by atoms with Gasteiger partial charge in [-0.05, 0) is 26.0 Å². The van der Waals surface area contributed by atoms with E-state index in [0.717, 1.165) is 0 Å². The second kappa shape index (κ2) is 7.85. The van der Waals surface area contributed by atoms with Gasteiger partial charge in [-0.25, -0.2) is 4.99 Å². The number of amides is 2. The van der Waals surface area contributed by atoms with Crippen LogP contribution < -0.4 is 5.32 Å². The van der Waals surface area contributed by atoms with Gasteiger partial charge < -0.3 is 5.32 Å². The number of thioether (sulfide) groups is 1. The number of rotatable bonds is 4. The van der Waals surface area contributed by atoms with E-state index in [2.05, 4.69) is 27.0 Å². The Morgan fingerprint density at radius 1 is 1.25 bits per heavy atom. The van der Waals surface area contributed by atoms with Crippen LogP contribution in [0.3, 0.4) is 0 Å². The number of benzene rings is 1. The van der Waals surface area contributed by atoms with Gasteiger partial charge in [0.15, 0.2) is 0 Å². The molecule has 7 nitrogen and oxygen atoms in total. The second-order valence-electron chi connectivity index (χ2n) is 5.80. The van der Waals surface area contributed by atoms with Gasteiger partial charge in [0.25, 0.3) is 23.5 Å². The predicted molar refractivity (Wildman–Crippen MR) is 103 cm³/mol. The molecule has 0 aliphatic carbocycles. The fourth-order valence-corrected chi connectivity index (χ4v) is 3.06. The molecule has 0 saturated heterocycles. The molecule has 2 amide bonds. The SMILES string of the molecule is C=C1C(=O)N=C(n2nc(C)cc2NC(=O)c2ccccc2SC(F)F)N=C1C. The lowest BCUT2D eigenvalue weighted by molar-refractivity contribution is -0.113. The highest BCUT2D eigenvalue weighted by molar-refractivity contribution is 7.99. The Morgan fingerprint density at radius 3 is 2.64 bits per heavy atom. The Labute approximate surface area is 163 Å². The van der Waals surface area contributed by atoms with Gasteiger partial charge >= 0.3 is 0 Å². The maximum Gasteiger partial charge on any atom is 0.288 e. The number of alkyl halides is 2. The molecule has 28 heavy (non-hydrogen) atoms. The molecule has 144 valence electrons. The van der Waals surface area contributed by atoms with Crippen LogP contribution in [0.2, 0.25) is 0 Å². The topological polar surface area (TPSA) is 88.7 Å². The molecule has 0 atom stereocenters. The first-order valence-corrected chi connectivity index (χ1v) is 8.94. The maximum absolute atomic E-state index is 12.8. The standard InChI is InChI=1S/C18H15F2N5O2S/c1-9-8-14(25(24-9)18-21-11(3)10(2)15(26)23-18)22-16(27)12-6-4-5-7-13(12)28-17(19)20/h4-8,17H,2H2,1,3H3,(H,22,27). The molecule has 0 unspecified atom stereocenters. The zero-order chi connectivity index (χ0) is 20.4. The number of nitrogens with zero attached hydrogens (tertiary/aromatic N) is 4. The number of hydrogen-bond acceptors (Lipinski definition) is 5. The number of aryl methyl sites for hydroxylation is 1. The fourth-order valence-electron chi connectivity index (χ4n) is 2.43. The molecule has 2 heterocycles. The first-order valence-electron chi connectivity index (χ1n) is 8.06. The van der Waals surface area contributed by atoms with E-state index < -0.39 is 17.6 Å². The summed E-state index contributed by atoms with van der Waals surface area (Å²) in [4.78, 5) is 32.8. The van der Waals surface area contributed by atoms with Crippen molar-refractivity contribution < 1.29 is 18.4 Å². The van der Waals surface area contributed by atoms with Crippen LogP contribution in [-0.2, 0) is 4.79 Å². The number of carbonyl (C=O) groups is 2. The molecule has 1 aromatic carbocycles. The zero-order valence-electron chi connectivity index (χ0n) is 14.9. The third-order valence-electron chi connectivity index (χ3n) is 3.77. The van der Waals surface area contributed by atoms with Crippen LogP contribution in [0.4, 0.5) is 14.6 Å². The minimum absolute atomic E-state index is 0.0199. The lowest BCUT2D eigenvalue weighted by atomic mass is 10.2. The smallest absolute Gasteiger partial charge is 0.288 e. The van der Waals surface area contributed by atoms with Crippen molar-refractivity contribution in [2.24, 2.45) is 9.98 Å². The van der Waals surface area contributed by atoms with E-state index in [-0.39, 0.29) is 39.6 Å². The van der Waals surface area contributed by atoms with Crippen molar-refractivity contribution in [3.8, 4) is 0 Å². The van der Waals surface area contributed by atoms with Crippen molar-refractivity contribution in [3.63, 3.8) is 0 Å². The zero-order valence-corrected chi connectivity index (χ0v) is 15.8. The molecule has 10 heteroatoms. The Morgan fingerprint density at radius 2 is 1.96 bits per heavy atom. The summed E-state index contributed by atoms with van der Waals surface area (Å²) in [5, 5.41) is 6.82. The summed E-state index contributed by atoms with van der Waals surface area (Å²) in [6.45, 7) is 6.90. The second-order valence-corrected chi connectivity index (χ2v) is 6.84. The largest absolute Gasteiger partial charge is 0.306 e. The van der Waals surface area contributed by atoms with Crippen molar-refractivity contribution >= 4 is 41.1 Å². The van der Waals surface area contributed by atoms with Gasteiger partial charge in [0.1, 0.15) is 5.82 Å². The van der Waals surface area contributed by atoms with Crippen LogP contribution >= 0.6 is 11.8 Å². The molecule has 0 fully saturated rings. The van der Waals surface area contributed by atoms with Crippen LogP contribution in [0.1, 0.15) is 23.0 Å². The molecule has 2 aromatic rings. The lowest BCUT2D eigenvalue weighted by Gasteiger charge is -2.13. The number of hydrogen-bond donors (Lipinski definition) is 1. The number of anilines is 1. The van der Waals surface area contributed by atoms with Crippen molar-refractivity contribution in [2.45, 2.75) is 24.5 Å². The highest BCUT2D eigenvalue weighted by Gasteiger charge is 2.22. The monoisotopic (exact) mass is 403 g/mol. The van der Waals surface area contributed by atoms with E-state index in [1.165, 1.54) is 16.8 Å². The van der Waals surface area contributed by atoms with Crippen molar-refractivity contribution in [1.82, 2.24) is 9.78 Å². The summed E-state index contributed by atoms with van der Waals surface area (Å²) in [6, 6.07) is 7.60. The van der Waals surface area contributed by atoms with E-state index in [1.54, 1.807) is 32.0 Å². The fraction of sp³-hybridized carbons (Fsp3) is 0.167. The molecule has 0 spiro atoms. The normalized spacial score (nSPS) is 14.2. The number of carbonyl (C=O) groups excluding carboxylic acids is 2. The number of halogens is 2. The van der Waals surface area contributed by atoms with Crippen LogP contribution in [0.15, 0.2) is 57.4 Å². The molecule has 1 aliphatic rings. The first kappa shape index (κ1) is 19.6. The molecule has 0 bridgehead atoms. The minimum atomic E-state index is -2.66. The van der Waals surface area contributed by atoms with Crippen molar-refractivity contribution in [3.05, 3.63) is 53.7 Å². The molecule has 1 aliphatic heterocycles. The molecular weight excluding hydrogens is 388 g/mol. The first-order chi connectivity index (χ1) is 13.3. The average Bonchev–Trinajstić information content (AvgIpc) is 2.99. The summed E-state index contributed by atoms with van der Waals surface area (Å²) >= 11 is 0.286. The van der Waals surface area contributed by atoms with Crippen molar-refractivity contribution in [2.75, 3.05) is 5.32 Å². The summed E-state index contributed by atoms with van der Waals surface area (Å²) in [5.41, 5.74) is 1.20. The number of aromatic nitrogens is 2. The Bertz CT molecular complexity index is 1040. The molecule has 3 rings (SSSR count). The summed E-state index contributed by atoms with van der Waals surface area (Å²) < 4.78 is 26.7. The van der Waals surface area contributed by atoms with Gasteiger partial charge in [-0.2, -0.15) is 23.6 Å².